The zero-order chi connectivity index (χ0) is 8.43. The molecule has 1 atom stereocenters. The average Bonchev–Trinajstić information content (AvgIpc) is 1.85. The van der Waals surface area contributed by atoms with E-state index in [1.165, 1.54) is 0 Å². The minimum atomic E-state index is 0.283. The van der Waals surface area contributed by atoms with Gasteiger partial charge in [-0.1, -0.05) is 49.5 Å². The fourth-order valence-corrected chi connectivity index (χ4v) is 2.98. The van der Waals surface area contributed by atoms with Crippen LogP contribution in [0, 0.1) is 0 Å². The van der Waals surface area contributed by atoms with E-state index < -0.39 is 0 Å². The summed E-state index contributed by atoms with van der Waals surface area (Å²) in [4.78, 5) is 0.283. The van der Waals surface area contributed by atoms with Crippen molar-refractivity contribution < 1.29 is 0 Å². The summed E-state index contributed by atoms with van der Waals surface area (Å²) in [5.41, 5.74) is 1.11. The van der Waals surface area contributed by atoms with Crippen molar-refractivity contribution in [1.29, 1.82) is 0 Å². The second kappa shape index (κ2) is 3.92. The Balaban J connectivity index is 3.21. The minimum absolute atomic E-state index is 0.283. The number of halogens is 3. The molecule has 0 bridgehead atoms. The summed E-state index contributed by atoms with van der Waals surface area (Å²) in [5.74, 6) is 0. The van der Waals surface area contributed by atoms with Crippen molar-refractivity contribution in [3.63, 3.8) is 0 Å². The zero-order valence-corrected chi connectivity index (χ0v) is 9.87. The number of benzene rings is 1. The normalized spacial score (nSPS) is 13.1. The number of hydrogen-bond donors (Lipinski definition) is 0. The van der Waals surface area contributed by atoms with Crippen LogP contribution in [-0.4, -0.2) is 0 Å². The van der Waals surface area contributed by atoms with E-state index in [0.29, 0.717) is 0 Å². The Morgan fingerprint density at radius 3 is 2.45 bits per heavy atom. The summed E-state index contributed by atoms with van der Waals surface area (Å²) < 4.78 is 1.05. The zero-order valence-electron chi connectivity index (χ0n) is 5.94. The molecule has 0 amide bonds. The number of alkyl halides is 1. The van der Waals surface area contributed by atoms with E-state index in [0.717, 1.165) is 15.1 Å². The van der Waals surface area contributed by atoms with Crippen molar-refractivity contribution in [3.05, 3.63) is 33.3 Å². The molecule has 1 unspecified atom stereocenters. The highest BCUT2D eigenvalue weighted by molar-refractivity contribution is 9.11. The van der Waals surface area contributed by atoms with Crippen molar-refractivity contribution in [3.8, 4) is 0 Å². The lowest BCUT2D eigenvalue weighted by molar-refractivity contribution is 1.11. The van der Waals surface area contributed by atoms with Crippen LogP contribution in [0.4, 0.5) is 0 Å². The topological polar surface area (TPSA) is 0 Å². The van der Waals surface area contributed by atoms with E-state index in [1.54, 1.807) is 0 Å². The Hall–Kier alpha value is 0.470. The summed E-state index contributed by atoms with van der Waals surface area (Å²) in [6, 6.07) is 5.80. The fourth-order valence-electron chi connectivity index (χ4n) is 0.891. The molecule has 1 aromatic rings. The van der Waals surface area contributed by atoms with Gasteiger partial charge >= 0.3 is 0 Å². The van der Waals surface area contributed by atoms with Crippen molar-refractivity contribution >= 4 is 43.5 Å². The third-order valence-electron chi connectivity index (χ3n) is 1.40. The van der Waals surface area contributed by atoms with Gasteiger partial charge in [0.05, 0.1) is 0 Å². The SMILES string of the molecule is CC(Br)c1c(Cl)cccc1Br. The van der Waals surface area contributed by atoms with Crippen LogP contribution in [0.1, 0.15) is 17.3 Å². The third-order valence-corrected chi connectivity index (χ3v) is 2.88. The van der Waals surface area contributed by atoms with Gasteiger partial charge in [-0.15, -0.1) is 0 Å². The minimum Gasteiger partial charge on any atom is -0.0841 e. The molecule has 0 aromatic heterocycles. The smallest absolute Gasteiger partial charge is 0.0460 e. The van der Waals surface area contributed by atoms with Gasteiger partial charge in [-0.05, 0) is 24.6 Å². The molecule has 0 aliphatic heterocycles. The quantitative estimate of drug-likeness (QED) is 0.667. The van der Waals surface area contributed by atoms with Gasteiger partial charge in [-0.25, -0.2) is 0 Å². The molecule has 0 nitrogen and oxygen atoms in total. The molecule has 0 aliphatic rings. The Kier molecular flexibility index (Phi) is 3.41. The van der Waals surface area contributed by atoms with E-state index in [1.807, 2.05) is 25.1 Å². The molecule has 1 rings (SSSR count). The molecule has 0 aliphatic carbocycles. The van der Waals surface area contributed by atoms with E-state index >= 15 is 0 Å². The lowest BCUT2D eigenvalue weighted by atomic mass is 10.2. The first-order valence-corrected chi connectivity index (χ1v) is 5.29. The van der Waals surface area contributed by atoms with Gasteiger partial charge in [0.2, 0.25) is 0 Å². The van der Waals surface area contributed by atoms with Crippen molar-refractivity contribution in [2.45, 2.75) is 11.8 Å². The van der Waals surface area contributed by atoms with Gasteiger partial charge in [0.25, 0.3) is 0 Å². The van der Waals surface area contributed by atoms with Crippen molar-refractivity contribution in [2.24, 2.45) is 0 Å². The lowest BCUT2D eigenvalue weighted by Gasteiger charge is -2.08. The molecule has 0 saturated carbocycles. The molecule has 0 spiro atoms. The van der Waals surface area contributed by atoms with Gasteiger partial charge in [-0.2, -0.15) is 0 Å². The molecular weight excluding hydrogens is 291 g/mol. The van der Waals surface area contributed by atoms with Crippen LogP contribution in [-0.2, 0) is 0 Å². The molecule has 3 heteroatoms. The van der Waals surface area contributed by atoms with E-state index in [4.69, 9.17) is 11.6 Å². The first kappa shape index (κ1) is 9.56. The van der Waals surface area contributed by atoms with Crippen LogP contribution in [0.2, 0.25) is 5.02 Å². The standard InChI is InChI=1S/C8H7Br2Cl/c1-5(9)8-6(10)3-2-4-7(8)11/h2-5H,1H3. The second-order valence-corrected chi connectivity index (χ2v) is 4.89. The van der Waals surface area contributed by atoms with Gasteiger partial charge in [-0.3, -0.25) is 0 Å². The van der Waals surface area contributed by atoms with Crippen LogP contribution in [0.25, 0.3) is 0 Å². The average molecular weight is 298 g/mol. The predicted octanol–water partition coefficient (Wildman–Crippen LogP) is 4.56. The molecule has 0 N–H and O–H groups in total. The van der Waals surface area contributed by atoms with E-state index in [9.17, 15) is 0 Å². The first-order chi connectivity index (χ1) is 5.13. The Bertz CT molecular complexity index is 238. The highest BCUT2D eigenvalue weighted by atomic mass is 79.9. The lowest BCUT2D eigenvalue weighted by Crippen LogP contribution is -1.86. The molecular formula is C8H7Br2Cl. The largest absolute Gasteiger partial charge is 0.0841 e. The van der Waals surface area contributed by atoms with Crippen LogP contribution in [0.15, 0.2) is 22.7 Å². The second-order valence-electron chi connectivity index (χ2n) is 2.25. The fraction of sp³-hybridized carbons (Fsp3) is 0.250. The summed E-state index contributed by atoms with van der Waals surface area (Å²) in [7, 11) is 0. The highest BCUT2D eigenvalue weighted by Crippen LogP contribution is 2.34. The Morgan fingerprint density at radius 2 is 2.09 bits per heavy atom. The highest BCUT2D eigenvalue weighted by Gasteiger charge is 2.08. The maximum absolute atomic E-state index is 5.96. The maximum Gasteiger partial charge on any atom is 0.0460 e. The van der Waals surface area contributed by atoms with Gasteiger partial charge in [0.1, 0.15) is 0 Å². The third kappa shape index (κ3) is 2.20. The van der Waals surface area contributed by atoms with Crippen LogP contribution in [0.3, 0.4) is 0 Å². The van der Waals surface area contributed by atoms with Crippen LogP contribution in [0.5, 0.6) is 0 Å². The number of rotatable bonds is 1. The summed E-state index contributed by atoms with van der Waals surface area (Å²) in [5, 5.41) is 0.795. The van der Waals surface area contributed by atoms with Gasteiger partial charge in [0.15, 0.2) is 0 Å². The van der Waals surface area contributed by atoms with Crippen molar-refractivity contribution in [1.82, 2.24) is 0 Å². The predicted molar refractivity (Wildman–Crippen MR) is 56.5 cm³/mol. The van der Waals surface area contributed by atoms with Crippen LogP contribution < -0.4 is 0 Å². The maximum atomic E-state index is 5.96. The van der Waals surface area contributed by atoms with Gasteiger partial charge < -0.3 is 0 Å². The van der Waals surface area contributed by atoms with E-state index in [-0.39, 0.29) is 4.83 Å². The van der Waals surface area contributed by atoms with Gasteiger partial charge in [0, 0.05) is 14.3 Å². The molecule has 11 heavy (non-hydrogen) atoms. The molecule has 0 radical (unpaired) electrons. The Labute approximate surface area is 88.2 Å². The summed E-state index contributed by atoms with van der Waals surface area (Å²) in [6.07, 6.45) is 0. The Morgan fingerprint density at radius 1 is 1.45 bits per heavy atom. The van der Waals surface area contributed by atoms with E-state index in [2.05, 4.69) is 31.9 Å². The molecule has 0 fully saturated rings. The molecule has 0 heterocycles. The molecule has 60 valence electrons. The monoisotopic (exact) mass is 296 g/mol. The summed E-state index contributed by atoms with van der Waals surface area (Å²) in [6.45, 7) is 2.05. The summed E-state index contributed by atoms with van der Waals surface area (Å²) >= 11 is 12.9. The molecule has 0 saturated heterocycles. The van der Waals surface area contributed by atoms with Crippen LogP contribution >= 0.6 is 43.5 Å². The molecule has 1 aromatic carbocycles. The number of hydrogen-bond acceptors (Lipinski definition) is 0. The van der Waals surface area contributed by atoms with Crippen molar-refractivity contribution in [2.75, 3.05) is 0 Å². The first-order valence-electron chi connectivity index (χ1n) is 3.21.